The van der Waals surface area contributed by atoms with Crippen molar-refractivity contribution in [3.8, 4) is 0 Å². The SMILES string of the molecule is O=C(C1CCCN(C2CCN(Cc3ccncc3)CC2)C1)N1Cc2ccccc2C1. The lowest BCUT2D eigenvalue weighted by atomic mass is 9.92. The molecule has 5 heteroatoms. The molecule has 5 nitrogen and oxygen atoms in total. The van der Waals surface area contributed by atoms with Gasteiger partial charge in [-0.05, 0) is 74.1 Å². The number of rotatable bonds is 4. The highest BCUT2D eigenvalue weighted by molar-refractivity contribution is 5.80. The molecule has 30 heavy (non-hydrogen) atoms. The van der Waals surface area contributed by atoms with Gasteiger partial charge in [0.1, 0.15) is 0 Å². The van der Waals surface area contributed by atoms with E-state index in [1.54, 1.807) is 0 Å². The quantitative estimate of drug-likeness (QED) is 0.784. The first-order valence-electron chi connectivity index (χ1n) is 11.5. The number of piperidine rings is 2. The number of benzene rings is 1. The summed E-state index contributed by atoms with van der Waals surface area (Å²) in [4.78, 5) is 24.6. The maximum Gasteiger partial charge on any atom is 0.227 e. The van der Waals surface area contributed by atoms with Crippen LogP contribution in [0.5, 0.6) is 0 Å². The van der Waals surface area contributed by atoms with Crippen molar-refractivity contribution < 1.29 is 4.79 Å². The van der Waals surface area contributed by atoms with Crippen LogP contribution in [0.1, 0.15) is 42.4 Å². The minimum Gasteiger partial charge on any atom is -0.334 e. The summed E-state index contributed by atoms with van der Waals surface area (Å²) in [5.41, 5.74) is 3.99. The summed E-state index contributed by atoms with van der Waals surface area (Å²) in [6.07, 6.45) is 8.37. The van der Waals surface area contributed by atoms with Crippen LogP contribution in [0.15, 0.2) is 48.8 Å². The molecular formula is C25H32N4O. The third kappa shape index (κ3) is 4.28. The molecule has 1 atom stereocenters. The molecule has 2 fully saturated rings. The Balaban J connectivity index is 1.13. The molecule has 1 aromatic carbocycles. The molecule has 3 aliphatic heterocycles. The van der Waals surface area contributed by atoms with Gasteiger partial charge in [-0.15, -0.1) is 0 Å². The average Bonchev–Trinajstić information content (AvgIpc) is 3.24. The van der Waals surface area contributed by atoms with Crippen LogP contribution in [0.2, 0.25) is 0 Å². The Morgan fingerprint density at radius 2 is 1.63 bits per heavy atom. The Labute approximate surface area is 179 Å². The molecular weight excluding hydrogens is 372 g/mol. The summed E-state index contributed by atoms with van der Waals surface area (Å²) < 4.78 is 0. The molecule has 3 aliphatic rings. The molecule has 1 aromatic heterocycles. The fourth-order valence-electron chi connectivity index (χ4n) is 5.48. The van der Waals surface area contributed by atoms with Gasteiger partial charge in [-0.3, -0.25) is 19.6 Å². The summed E-state index contributed by atoms with van der Waals surface area (Å²) in [6.45, 7) is 6.98. The number of nitrogens with zero attached hydrogens (tertiary/aromatic N) is 4. The van der Waals surface area contributed by atoms with Crippen molar-refractivity contribution in [1.82, 2.24) is 19.7 Å². The van der Waals surface area contributed by atoms with Gasteiger partial charge in [0.25, 0.3) is 0 Å². The second kappa shape index (κ2) is 8.86. The van der Waals surface area contributed by atoms with Crippen LogP contribution in [0.25, 0.3) is 0 Å². The lowest BCUT2D eigenvalue weighted by Crippen LogP contribution is -2.50. The van der Waals surface area contributed by atoms with Crippen molar-refractivity contribution in [2.45, 2.75) is 51.4 Å². The van der Waals surface area contributed by atoms with E-state index in [9.17, 15) is 4.79 Å². The molecule has 2 aromatic rings. The molecule has 0 spiro atoms. The van der Waals surface area contributed by atoms with Crippen molar-refractivity contribution in [2.24, 2.45) is 5.92 Å². The van der Waals surface area contributed by atoms with Gasteiger partial charge in [-0.2, -0.15) is 0 Å². The fraction of sp³-hybridized carbons (Fsp3) is 0.520. The van der Waals surface area contributed by atoms with Crippen molar-refractivity contribution in [3.05, 3.63) is 65.5 Å². The first kappa shape index (κ1) is 19.7. The van der Waals surface area contributed by atoms with Gasteiger partial charge in [-0.1, -0.05) is 24.3 Å². The predicted octanol–water partition coefficient (Wildman–Crippen LogP) is 3.30. The number of hydrogen-bond acceptors (Lipinski definition) is 4. The van der Waals surface area contributed by atoms with E-state index in [4.69, 9.17) is 0 Å². The summed E-state index contributed by atoms with van der Waals surface area (Å²) in [6, 6.07) is 13.3. The lowest BCUT2D eigenvalue weighted by molar-refractivity contribution is -0.138. The van der Waals surface area contributed by atoms with E-state index in [0.717, 1.165) is 58.7 Å². The standard InChI is InChI=1S/C25H32N4O/c30-25(29-17-21-4-1-2-5-22(21)18-29)23-6-3-13-28(19-23)24-9-14-27(15-10-24)16-20-7-11-26-12-8-20/h1-2,4-5,7-8,11-12,23-24H,3,6,9-10,13-19H2. The number of amides is 1. The van der Waals surface area contributed by atoms with Gasteiger partial charge in [0, 0.05) is 44.6 Å². The van der Waals surface area contributed by atoms with Crippen LogP contribution in [-0.2, 0) is 24.4 Å². The smallest absolute Gasteiger partial charge is 0.227 e. The zero-order chi connectivity index (χ0) is 20.3. The minimum absolute atomic E-state index is 0.169. The van der Waals surface area contributed by atoms with E-state index in [2.05, 4.69) is 56.1 Å². The van der Waals surface area contributed by atoms with Crippen molar-refractivity contribution in [1.29, 1.82) is 0 Å². The highest BCUT2D eigenvalue weighted by atomic mass is 16.2. The summed E-state index contributed by atoms with van der Waals surface area (Å²) in [5.74, 6) is 0.536. The molecule has 1 unspecified atom stereocenters. The molecule has 2 saturated heterocycles. The van der Waals surface area contributed by atoms with Crippen LogP contribution in [-0.4, -0.2) is 57.8 Å². The topological polar surface area (TPSA) is 39.7 Å². The predicted molar refractivity (Wildman–Crippen MR) is 118 cm³/mol. The molecule has 158 valence electrons. The fourth-order valence-corrected chi connectivity index (χ4v) is 5.48. The van der Waals surface area contributed by atoms with Crippen LogP contribution in [0.3, 0.4) is 0 Å². The zero-order valence-corrected chi connectivity index (χ0v) is 17.7. The van der Waals surface area contributed by atoms with Crippen molar-refractivity contribution in [2.75, 3.05) is 26.2 Å². The highest BCUT2D eigenvalue weighted by Gasteiger charge is 2.35. The first-order chi connectivity index (χ1) is 14.8. The molecule has 0 saturated carbocycles. The Bertz CT molecular complexity index is 837. The zero-order valence-electron chi connectivity index (χ0n) is 17.7. The second-order valence-electron chi connectivity index (χ2n) is 9.16. The average molecular weight is 405 g/mol. The molecule has 5 rings (SSSR count). The number of aromatic nitrogens is 1. The molecule has 0 radical (unpaired) electrons. The van der Waals surface area contributed by atoms with E-state index >= 15 is 0 Å². The number of carbonyl (C=O) groups excluding carboxylic acids is 1. The summed E-state index contributed by atoms with van der Waals surface area (Å²) in [7, 11) is 0. The minimum atomic E-state index is 0.169. The molecule has 0 N–H and O–H groups in total. The van der Waals surface area contributed by atoms with E-state index in [1.165, 1.54) is 29.5 Å². The summed E-state index contributed by atoms with van der Waals surface area (Å²) in [5, 5.41) is 0. The van der Waals surface area contributed by atoms with Gasteiger partial charge >= 0.3 is 0 Å². The van der Waals surface area contributed by atoms with Crippen LogP contribution < -0.4 is 0 Å². The lowest BCUT2D eigenvalue weighted by Gasteiger charge is -2.42. The monoisotopic (exact) mass is 404 g/mol. The third-order valence-electron chi connectivity index (χ3n) is 7.18. The maximum atomic E-state index is 13.2. The summed E-state index contributed by atoms with van der Waals surface area (Å²) >= 11 is 0. The van der Waals surface area contributed by atoms with Crippen molar-refractivity contribution in [3.63, 3.8) is 0 Å². The number of fused-ring (bicyclic) bond motifs is 1. The Morgan fingerprint density at radius 1 is 0.933 bits per heavy atom. The number of hydrogen-bond donors (Lipinski definition) is 0. The van der Waals surface area contributed by atoms with Crippen molar-refractivity contribution >= 4 is 5.91 Å². The van der Waals surface area contributed by atoms with Crippen LogP contribution >= 0.6 is 0 Å². The maximum absolute atomic E-state index is 13.2. The van der Waals surface area contributed by atoms with Gasteiger partial charge in [-0.25, -0.2) is 0 Å². The molecule has 0 aliphatic carbocycles. The molecule has 4 heterocycles. The Morgan fingerprint density at radius 3 is 2.33 bits per heavy atom. The Kier molecular flexibility index (Phi) is 5.82. The number of likely N-dealkylation sites (tertiary alicyclic amines) is 2. The first-order valence-corrected chi connectivity index (χ1v) is 11.5. The van der Waals surface area contributed by atoms with E-state index < -0.39 is 0 Å². The third-order valence-corrected chi connectivity index (χ3v) is 7.18. The Hall–Kier alpha value is -2.24. The van der Waals surface area contributed by atoms with Crippen LogP contribution in [0.4, 0.5) is 0 Å². The van der Waals surface area contributed by atoms with Crippen LogP contribution in [0, 0.1) is 5.92 Å². The normalized spacial score (nSPS) is 23.5. The van der Waals surface area contributed by atoms with Gasteiger partial charge in [0.05, 0.1) is 5.92 Å². The van der Waals surface area contributed by atoms with E-state index in [1.807, 2.05) is 12.4 Å². The van der Waals surface area contributed by atoms with E-state index in [-0.39, 0.29) is 5.92 Å². The largest absolute Gasteiger partial charge is 0.334 e. The molecule has 1 amide bonds. The van der Waals surface area contributed by atoms with Gasteiger partial charge in [0.15, 0.2) is 0 Å². The molecule has 0 bridgehead atoms. The van der Waals surface area contributed by atoms with Gasteiger partial charge in [0.2, 0.25) is 5.91 Å². The number of carbonyl (C=O) groups is 1. The second-order valence-corrected chi connectivity index (χ2v) is 9.16. The van der Waals surface area contributed by atoms with Gasteiger partial charge < -0.3 is 4.90 Å². The van der Waals surface area contributed by atoms with E-state index in [0.29, 0.717) is 11.9 Å². The highest BCUT2D eigenvalue weighted by Crippen LogP contribution is 2.29. The number of pyridine rings is 1.